The number of nitrogens with zero attached hydrogens (tertiary/aromatic N) is 3. The van der Waals surface area contributed by atoms with Gasteiger partial charge in [0.05, 0.1) is 13.7 Å². The standard InChI is InChI=1S/C23H25N3O3.C4H4O4/c1-15-17(23(27)26-10-4-3-8-21(26)24-15)9-11-25-12-16-14-29-22-18(19(16)13-25)6-5-7-20(22)28-2;5-3(6)1-2-4(7)8/h3-8,10,16,19H,9,11-14H2,1-2H3;1-2H,(H,5,6)(H,7,8)/b;2-1+/t16-,19-;/m1./s1. The van der Waals surface area contributed by atoms with Crippen molar-refractivity contribution in [2.24, 2.45) is 5.92 Å². The van der Waals surface area contributed by atoms with Crippen molar-refractivity contribution in [3.8, 4) is 11.5 Å². The van der Waals surface area contributed by atoms with E-state index in [1.807, 2.05) is 37.3 Å². The fraction of sp³-hybridized carbons (Fsp3) is 0.333. The largest absolute Gasteiger partial charge is 0.493 e. The number of carboxylic acids is 2. The number of ether oxygens (including phenoxy) is 2. The van der Waals surface area contributed by atoms with E-state index < -0.39 is 11.9 Å². The number of carbonyl (C=O) groups is 2. The second kappa shape index (κ2) is 11.3. The Bertz CT molecular complexity index is 1380. The predicted molar refractivity (Wildman–Crippen MR) is 135 cm³/mol. The molecule has 0 bridgehead atoms. The van der Waals surface area contributed by atoms with Crippen LogP contribution in [-0.4, -0.2) is 69.8 Å². The molecule has 2 N–H and O–H groups in total. The number of carboxylic acid groups (broad SMARTS) is 2. The van der Waals surface area contributed by atoms with E-state index >= 15 is 0 Å². The molecule has 2 aliphatic rings. The first-order chi connectivity index (χ1) is 17.8. The number of rotatable bonds is 6. The summed E-state index contributed by atoms with van der Waals surface area (Å²) in [4.78, 5) is 39.1. The highest BCUT2D eigenvalue weighted by molar-refractivity contribution is 5.89. The van der Waals surface area contributed by atoms with Crippen molar-refractivity contribution in [2.45, 2.75) is 19.3 Å². The number of pyridine rings is 1. The molecule has 1 aromatic carbocycles. The van der Waals surface area contributed by atoms with Crippen molar-refractivity contribution in [1.29, 1.82) is 0 Å². The zero-order valence-electron chi connectivity index (χ0n) is 20.7. The Morgan fingerprint density at radius 3 is 2.59 bits per heavy atom. The van der Waals surface area contributed by atoms with Crippen molar-refractivity contribution in [1.82, 2.24) is 14.3 Å². The van der Waals surface area contributed by atoms with Crippen LogP contribution in [0, 0.1) is 12.8 Å². The van der Waals surface area contributed by atoms with E-state index in [0.29, 0.717) is 42.7 Å². The van der Waals surface area contributed by atoms with Gasteiger partial charge in [0.25, 0.3) is 5.56 Å². The number of fused-ring (bicyclic) bond motifs is 4. The van der Waals surface area contributed by atoms with Gasteiger partial charge in [-0.2, -0.15) is 0 Å². The first kappa shape index (κ1) is 25.9. The second-order valence-electron chi connectivity index (χ2n) is 8.99. The Kier molecular flexibility index (Phi) is 7.88. The van der Waals surface area contributed by atoms with Crippen molar-refractivity contribution in [2.75, 3.05) is 33.4 Å². The summed E-state index contributed by atoms with van der Waals surface area (Å²) < 4.78 is 13.2. The molecule has 2 aromatic heterocycles. The average molecular weight is 508 g/mol. The highest BCUT2D eigenvalue weighted by Crippen LogP contribution is 2.45. The molecule has 10 heteroatoms. The van der Waals surface area contributed by atoms with Gasteiger partial charge < -0.3 is 24.6 Å². The number of aliphatic carboxylic acids is 2. The minimum Gasteiger partial charge on any atom is -0.493 e. The molecular weight excluding hydrogens is 478 g/mol. The molecule has 4 heterocycles. The minimum absolute atomic E-state index is 0.0446. The van der Waals surface area contributed by atoms with Gasteiger partial charge >= 0.3 is 11.9 Å². The zero-order chi connectivity index (χ0) is 26.5. The van der Waals surface area contributed by atoms with Crippen LogP contribution in [0.3, 0.4) is 0 Å². The molecule has 0 saturated carbocycles. The Balaban J connectivity index is 0.000000349. The van der Waals surface area contributed by atoms with Crippen molar-refractivity contribution >= 4 is 17.6 Å². The van der Waals surface area contributed by atoms with Gasteiger partial charge in [-0.1, -0.05) is 18.2 Å². The quantitative estimate of drug-likeness (QED) is 0.483. The van der Waals surface area contributed by atoms with E-state index in [9.17, 15) is 14.4 Å². The van der Waals surface area contributed by atoms with Crippen LogP contribution < -0.4 is 15.0 Å². The SMILES string of the molecule is COc1cccc2c1OC[C@H]1CN(CCc3c(C)nc4ccccn4c3=O)C[C@@H]21.O=C(O)/C=C/C(=O)O. The second-order valence-corrected chi connectivity index (χ2v) is 8.99. The molecule has 194 valence electrons. The third-order valence-corrected chi connectivity index (χ3v) is 6.67. The maximum Gasteiger partial charge on any atom is 0.328 e. The molecule has 1 saturated heterocycles. The van der Waals surface area contributed by atoms with Gasteiger partial charge in [0.1, 0.15) is 5.65 Å². The molecule has 0 aliphatic carbocycles. The number of hydrogen-bond donors (Lipinski definition) is 2. The van der Waals surface area contributed by atoms with Gasteiger partial charge in [0.2, 0.25) is 0 Å². The van der Waals surface area contributed by atoms with Gasteiger partial charge in [-0.05, 0) is 31.5 Å². The van der Waals surface area contributed by atoms with Crippen LogP contribution >= 0.6 is 0 Å². The lowest BCUT2D eigenvalue weighted by molar-refractivity contribution is -0.134. The predicted octanol–water partition coefficient (Wildman–Crippen LogP) is 2.37. The molecule has 5 rings (SSSR count). The summed E-state index contributed by atoms with van der Waals surface area (Å²) in [5, 5.41) is 15.6. The number of aryl methyl sites for hydroxylation is 1. The van der Waals surface area contributed by atoms with Crippen LogP contribution in [0.5, 0.6) is 11.5 Å². The highest BCUT2D eigenvalue weighted by Gasteiger charge is 2.39. The Hall–Kier alpha value is -4.18. The van der Waals surface area contributed by atoms with Crippen LogP contribution in [0.1, 0.15) is 22.7 Å². The Morgan fingerprint density at radius 1 is 1.14 bits per heavy atom. The number of benzene rings is 1. The molecular formula is C27H29N3O7. The number of likely N-dealkylation sites (tertiary alicyclic amines) is 1. The van der Waals surface area contributed by atoms with Crippen LogP contribution in [0.4, 0.5) is 0 Å². The molecule has 1 fully saturated rings. The number of para-hydroxylation sites is 1. The maximum atomic E-state index is 12.9. The van der Waals surface area contributed by atoms with Crippen LogP contribution in [0.15, 0.2) is 59.5 Å². The van der Waals surface area contributed by atoms with Gasteiger partial charge in [0.15, 0.2) is 11.5 Å². The normalized spacial score (nSPS) is 18.4. The van der Waals surface area contributed by atoms with Crippen LogP contribution in [-0.2, 0) is 16.0 Å². The lowest BCUT2D eigenvalue weighted by atomic mass is 9.87. The van der Waals surface area contributed by atoms with Crippen molar-refractivity contribution in [3.63, 3.8) is 0 Å². The Morgan fingerprint density at radius 2 is 1.89 bits per heavy atom. The fourth-order valence-corrected chi connectivity index (χ4v) is 4.93. The molecule has 10 nitrogen and oxygen atoms in total. The number of methoxy groups -OCH3 is 1. The van der Waals surface area contributed by atoms with Gasteiger partial charge in [-0.3, -0.25) is 9.20 Å². The van der Waals surface area contributed by atoms with E-state index in [0.717, 1.165) is 42.4 Å². The van der Waals surface area contributed by atoms with Gasteiger partial charge in [0, 0.05) is 66.6 Å². The third-order valence-electron chi connectivity index (χ3n) is 6.67. The monoisotopic (exact) mass is 507 g/mol. The summed E-state index contributed by atoms with van der Waals surface area (Å²) in [6.45, 7) is 5.47. The van der Waals surface area contributed by atoms with E-state index in [-0.39, 0.29) is 5.56 Å². The summed E-state index contributed by atoms with van der Waals surface area (Å²) in [7, 11) is 1.68. The molecule has 0 unspecified atom stereocenters. The molecule has 0 spiro atoms. The van der Waals surface area contributed by atoms with E-state index in [1.165, 1.54) is 5.56 Å². The number of hydrogen-bond acceptors (Lipinski definition) is 7. The third kappa shape index (κ3) is 5.80. The molecule has 0 amide bonds. The topological polar surface area (TPSA) is 131 Å². The van der Waals surface area contributed by atoms with E-state index in [2.05, 4.69) is 16.0 Å². The Labute approximate surface area is 213 Å². The summed E-state index contributed by atoms with van der Waals surface area (Å²) in [5.41, 5.74) is 3.63. The van der Waals surface area contributed by atoms with Gasteiger partial charge in [-0.15, -0.1) is 0 Å². The summed E-state index contributed by atoms with van der Waals surface area (Å²) >= 11 is 0. The first-order valence-corrected chi connectivity index (χ1v) is 11.9. The van der Waals surface area contributed by atoms with Gasteiger partial charge in [-0.25, -0.2) is 14.6 Å². The first-order valence-electron chi connectivity index (χ1n) is 11.9. The van der Waals surface area contributed by atoms with E-state index in [4.69, 9.17) is 19.7 Å². The van der Waals surface area contributed by atoms with E-state index in [1.54, 1.807) is 17.7 Å². The van der Waals surface area contributed by atoms with Crippen LogP contribution in [0.2, 0.25) is 0 Å². The lowest BCUT2D eigenvalue weighted by Gasteiger charge is -2.28. The molecule has 0 radical (unpaired) electrons. The summed E-state index contributed by atoms with van der Waals surface area (Å²) in [6, 6.07) is 11.8. The average Bonchev–Trinajstić information content (AvgIpc) is 3.31. The van der Waals surface area contributed by atoms with Crippen molar-refractivity contribution < 1.29 is 29.3 Å². The fourth-order valence-electron chi connectivity index (χ4n) is 4.93. The highest BCUT2D eigenvalue weighted by atomic mass is 16.5. The molecule has 3 aromatic rings. The van der Waals surface area contributed by atoms with Crippen LogP contribution in [0.25, 0.3) is 5.65 Å². The van der Waals surface area contributed by atoms with Crippen molar-refractivity contribution in [3.05, 3.63) is 81.9 Å². The lowest BCUT2D eigenvalue weighted by Crippen LogP contribution is -2.28. The molecule has 2 atom stereocenters. The summed E-state index contributed by atoms with van der Waals surface area (Å²) in [5.74, 6) is 0.119. The minimum atomic E-state index is -1.26. The molecule has 2 aliphatic heterocycles. The summed E-state index contributed by atoms with van der Waals surface area (Å²) in [6.07, 6.45) is 3.62. The molecule has 37 heavy (non-hydrogen) atoms. The zero-order valence-corrected chi connectivity index (χ0v) is 20.7. The number of aromatic nitrogens is 2. The smallest absolute Gasteiger partial charge is 0.328 e. The maximum absolute atomic E-state index is 12.9.